The van der Waals surface area contributed by atoms with Crippen LogP contribution in [0.15, 0.2) is 23.8 Å². The van der Waals surface area contributed by atoms with Gasteiger partial charge in [-0.05, 0) is 30.2 Å². The summed E-state index contributed by atoms with van der Waals surface area (Å²) in [6.07, 6.45) is 2.21. The summed E-state index contributed by atoms with van der Waals surface area (Å²) in [7, 11) is 0. The van der Waals surface area contributed by atoms with E-state index in [1.807, 2.05) is 12.1 Å². The lowest BCUT2D eigenvalue weighted by Gasteiger charge is -2.06. The van der Waals surface area contributed by atoms with Crippen molar-refractivity contribution in [2.75, 3.05) is 0 Å². The number of allylic oxidation sites excluding steroid dienone is 1. The van der Waals surface area contributed by atoms with Gasteiger partial charge in [0.1, 0.15) is 0 Å². The Bertz CT molecular complexity index is 350. The topological polar surface area (TPSA) is 0 Å². The van der Waals surface area contributed by atoms with E-state index in [4.69, 9.17) is 11.6 Å². The monoisotopic (exact) mass is 178 g/mol. The summed E-state index contributed by atoms with van der Waals surface area (Å²) in [6.45, 7) is 4.39. The number of hydrogen-bond donors (Lipinski definition) is 0. The second kappa shape index (κ2) is 2.63. The summed E-state index contributed by atoms with van der Waals surface area (Å²) in [6, 6.07) is 6.11. The van der Waals surface area contributed by atoms with Crippen molar-refractivity contribution in [3.63, 3.8) is 0 Å². The number of rotatable bonds is 0. The van der Waals surface area contributed by atoms with Crippen LogP contribution < -0.4 is 0 Å². The summed E-state index contributed by atoms with van der Waals surface area (Å²) in [5.74, 6) is 0.567. The number of halogens is 1. The van der Waals surface area contributed by atoms with Crippen LogP contribution in [0.1, 0.15) is 30.9 Å². The lowest BCUT2D eigenvalue weighted by molar-refractivity contribution is 0.921. The molecular weight excluding hydrogens is 168 g/mol. The molecule has 1 aliphatic rings. The number of benzene rings is 1. The zero-order valence-corrected chi connectivity index (χ0v) is 8.02. The summed E-state index contributed by atoms with van der Waals surface area (Å²) < 4.78 is 0. The maximum atomic E-state index is 5.89. The molecule has 1 atom stereocenters. The summed E-state index contributed by atoms with van der Waals surface area (Å²) in [5, 5.41) is 0.826. The van der Waals surface area contributed by atoms with Crippen LogP contribution in [-0.4, -0.2) is 0 Å². The third-order valence-corrected chi connectivity index (χ3v) is 2.82. The van der Waals surface area contributed by atoms with Crippen LogP contribution in [0.3, 0.4) is 0 Å². The van der Waals surface area contributed by atoms with Gasteiger partial charge in [0.05, 0.1) is 0 Å². The van der Waals surface area contributed by atoms with Crippen molar-refractivity contribution in [1.82, 2.24) is 0 Å². The van der Waals surface area contributed by atoms with Crippen LogP contribution >= 0.6 is 11.6 Å². The maximum Gasteiger partial charge on any atom is 0.0412 e. The van der Waals surface area contributed by atoms with Gasteiger partial charge in [0, 0.05) is 10.9 Å². The zero-order valence-electron chi connectivity index (χ0n) is 7.26. The summed E-state index contributed by atoms with van der Waals surface area (Å²) in [4.78, 5) is 0. The average Bonchev–Trinajstić information content (AvgIpc) is 2.28. The fourth-order valence-electron chi connectivity index (χ4n) is 1.68. The first kappa shape index (κ1) is 7.88. The first-order valence-corrected chi connectivity index (χ1v) is 4.54. The minimum Gasteiger partial charge on any atom is -0.0843 e. The Kier molecular flexibility index (Phi) is 1.73. The molecule has 2 rings (SSSR count). The van der Waals surface area contributed by atoms with E-state index in [-0.39, 0.29) is 0 Å². The quantitative estimate of drug-likeness (QED) is 0.566. The molecule has 62 valence electrons. The van der Waals surface area contributed by atoms with E-state index < -0.39 is 0 Å². The lowest BCUT2D eigenvalue weighted by atomic mass is 9.99. The molecule has 0 fully saturated rings. The molecule has 1 aliphatic carbocycles. The molecule has 0 aliphatic heterocycles. The number of hydrogen-bond acceptors (Lipinski definition) is 0. The second-order valence-electron chi connectivity index (χ2n) is 3.38. The van der Waals surface area contributed by atoms with Gasteiger partial charge in [-0.1, -0.05) is 36.2 Å². The van der Waals surface area contributed by atoms with Gasteiger partial charge in [-0.3, -0.25) is 0 Å². The highest BCUT2D eigenvalue weighted by atomic mass is 35.5. The first-order chi connectivity index (χ1) is 5.68. The van der Waals surface area contributed by atoms with Gasteiger partial charge in [-0.15, -0.1) is 0 Å². The molecule has 1 unspecified atom stereocenters. The van der Waals surface area contributed by atoms with Gasteiger partial charge >= 0.3 is 0 Å². The van der Waals surface area contributed by atoms with Crippen molar-refractivity contribution >= 4 is 17.7 Å². The largest absolute Gasteiger partial charge is 0.0843 e. The Morgan fingerprint density at radius 3 is 2.83 bits per heavy atom. The molecule has 0 spiro atoms. The first-order valence-electron chi connectivity index (χ1n) is 4.16. The highest BCUT2D eigenvalue weighted by molar-refractivity contribution is 6.30. The Balaban J connectivity index is 2.57. The van der Waals surface area contributed by atoms with Crippen LogP contribution in [0.25, 0.3) is 6.08 Å². The SMILES string of the molecule is CC1=Cc2cc(Cl)ccc2C1C. The third kappa shape index (κ3) is 1.07. The van der Waals surface area contributed by atoms with E-state index in [9.17, 15) is 0 Å². The van der Waals surface area contributed by atoms with E-state index in [0.717, 1.165) is 5.02 Å². The van der Waals surface area contributed by atoms with E-state index in [2.05, 4.69) is 26.0 Å². The third-order valence-electron chi connectivity index (χ3n) is 2.58. The van der Waals surface area contributed by atoms with Crippen LogP contribution in [0.5, 0.6) is 0 Å². The minimum atomic E-state index is 0.567. The molecule has 0 radical (unpaired) electrons. The zero-order chi connectivity index (χ0) is 8.72. The molecule has 0 bridgehead atoms. The Hall–Kier alpha value is -0.750. The van der Waals surface area contributed by atoms with Gasteiger partial charge in [0.25, 0.3) is 0 Å². The van der Waals surface area contributed by atoms with E-state index in [0.29, 0.717) is 5.92 Å². The van der Waals surface area contributed by atoms with Gasteiger partial charge in [0.2, 0.25) is 0 Å². The molecule has 0 saturated heterocycles. The van der Waals surface area contributed by atoms with Crippen molar-refractivity contribution in [3.05, 3.63) is 39.9 Å². The molecule has 0 amide bonds. The van der Waals surface area contributed by atoms with Crippen molar-refractivity contribution in [3.8, 4) is 0 Å². The smallest absolute Gasteiger partial charge is 0.0412 e. The van der Waals surface area contributed by atoms with E-state index in [1.54, 1.807) is 0 Å². The summed E-state index contributed by atoms with van der Waals surface area (Å²) >= 11 is 5.89. The van der Waals surface area contributed by atoms with Crippen molar-refractivity contribution in [2.45, 2.75) is 19.8 Å². The van der Waals surface area contributed by atoms with Gasteiger partial charge in [-0.25, -0.2) is 0 Å². The van der Waals surface area contributed by atoms with Crippen molar-refractivity contribution in [1.29, 1.82) is 0 Å². The average molecular weight is 179 g/mol. The van der Waals surface area contributed by atoms with Crippen molar-refractivity contribution in [2.24, 2.45) is 0 Å². The van der Waals surface area contributed by atoms with Gasteiger partial charge in [0.15, 0.2) is 0 Å². The second-order valence-corrected chi connectivity index (χ2v) is 3.82. The molecule has 1 heteroatoms. The van der Waals surface area contributed by atoms with Crippen LogP contribution in [0.4, 0.5) is 0 Å². The normalized spacial score (nSPS) is 20.6. The summed E-state index contributed by atoms with van der Waals surface area (Å²) in [5.41, 5.74) is 4.11. The fraction of sp³-hybridized carbons (Fsp3) is 0.273. The molecule has 0 nitrogen and oxygen atoms in total. The Morgan fingerprint density at radius 2 is 2.08 bits per heavy atom. The van der Waals surface area contributed by atoms with Crippen LogP contribution in [0, 0.1) is 0 Å². The molecular formula is C11H11Cl. The molecule has 1 aromatic carbocycles. The Labute approximate surface area is 77.9 Å². The Morgan fingerprint density at radius 1 is 1.33 bits per heavy atom. The molecule has 12 heavy (non-hydrogen) atoms. The number of fused-ring (bicyclic) bond motifs is 1. The molecule has 0 saturated carbocycles. The molecule has 0 N–H and O–H groups in total. The highest BCUT2D eigenvalue weighted by Gasteiger charge is 2.17. The predicted molar refractivity (Wildman–Crippen MR) is 53.5 cm³/mol. The molecule has 0 heterocycles. The standard InChI is InChI=1S/C11H11Cl/c1-7-5-9-6-10(12)3-4-11(9)8(7)2/h3-6,8H,1-2H3. The van der Waals surface area contributed by atoms with Gasteiger partial charge in [-0.2, -0.15) is 0 Å². The molecule has 1 aromatic rings. The lowest BCUT2D eigenvalue weighted by Crippen LogP contribution is -1.89. The predicted octanol–water partition coefficient (Wildman–Crippen LogP) is 3.86. The minimum absolute atomic E-state index is 0.567. The fourth-order valence-corrected chi connectivity index (χ4v) is 1.86. The maximum absolute atomic E-state index is 5.89. The highest BCUT2D eigenvalue weighted by Crippen LogP contribution is 2.36. The van der Waals surface area contributed by atoms with Crippen LogP contribution in [0.2, 0.25) is 5.02 Å². The van der Waals surface area contributed by atoms with Crippen molar-refractivity contribution < 1.29 is 0 Å². The molecule has 0 aromatic heterocycles. The van der Waals surface area contributed by atoms with E-state index in [1.165, 1.54) is 16.7 Å². The van der Waals surface area contributed by atoms with E-state index >= 15 is 0 Å². The van der Waals surface area contributed by atoms with Gasteiger partial charge < -0.3 is 0 Å². The van der Waals surface area contributed by atoms with Crippen LogP contribution in [-0.2, 0) is 0 Å².